The van der Waals surface area contributed by atoms with Crippen molar-refractivity contribution in [1.82, 2.24) is 0 Å². The molecule has 0 saturated heterocycles. The molecule has 0 aliphatic heterocycles. The molecule has 0 aromatic heterocycles. The van der Waals surface area contributed by atoms with Gasteiger partial charge >= 0.3 is 5.97 Å². The van der Waals surface area contributed by atoms with Crippen molar-refractivity contribution in [2.24, 2.45) is 0 Å². The van der Waals surface area contributed by atoms with Gasteiger partial charge in [-0.2, -0.15) is 0 Å². The highest BCUT2D eigenvalue weighted by Gasteiger charge is 2.16. The minimum atomic E-state index is -2.61. The van der Waals surface area contributed by atoms with E-state index in [1.54, 1.807) is 0 Å². The molecule has 7 heteroatoms. The molecule has 1 aromatic rings. The summed E-state index contributed by atoms with van der Waals surface area (Å²) in [5.41, 5.74) is 5.96. The summed E-state index contributed by atoms with van der Waals surface area (Å²) < 4.78 is 24.8. The van der Waals surface area contributed by atoms with Gasteiger partial charge in [-0.25, -0.2) is 13.6 Å². The first-order valence-corrected chi connectivity index (χ1v) is 5.22. The van der Waals surface area contributed by atoms with Crippen LogP contribution in [0.15, 0.2) is 18.2 Å². The highest BCUT2D eigenvalue weighted by molar-refractivity contribution is 5.90. The van der Waals surface area contributed by atoms with Gasteiger partial charge in [-0.1, -0.05) is 0 Å². The molecule has 0 bridgehead atoms. The molecule has 4 N–H and O–H groups in total. The van der Waals surface area contributed by atoms with E-state index in [0.717, 1.165) is 4.90 Å². The van der Waals surface area contributed by atoms with E-state index in [-0.39, 0.29) is 30.1 Å². The lowest BCUT2D eigenvalue weighted by Gasteiger charge is -2.25. The zero-order valence-electron chi connectivity index (χ0n) is 9.51. The van der Waals surface area contributed by atoms with Crippen LogP contribution in [0, 0.1) is 0 Å². The predicted octanol–water partition coefficient (Wildman–Crippen LogP) is 1.03. The number of carboxylic acids is 1. The molecule has 0 radical (unpaired) electrons. The summed E-state index contributed by atoms with van der Waals surface area (Å²) in [7, 11) is 0. The Morgan fingerprint density at radius 1 is 1.44 bits per heavy atom. The maximum Gasteiger partial charge on any atom is 0.335 e. The number of benzene rings is 1. The fraction of sp³-hybridized carbons (Fsp3) is 0.364. The fourth-order valence-corrected chi connectivity index (χ4v) is 1.55. The number of nitrogens with two attached hydrogens (primary N) is 1. The Bertz CT molecular complexity index is 427. The van der Waals surface area contributed by atoms with Gasteiger partial charge in [0.05, 0.1) is 30.1 Å². The van der Waals surface area contributed by atoms with Gasteiger partial charge in [0.2, 0.25) is 0 Å². The maximum atomic E-state index is 12.4. The lowest BCUT2D eigenvalue weighted by Crippen LogP contribution is -2.32. The van der Waals surface area contributed by atoms with Gasteiger partial charge in [0.25, 0.3) is 6.43 Å². The van der Waals surface area contributed by atoms with Gasteiger partial charge in [-0.15, -0.1) is 0 Å². The Morgan fingerprint density at radius 2 is 2.11 bits per heavy atom. The van der Waals surface area contributed by atoms with Crippen molar-refractivity contribution >= 4 is 17.3 Å². The second-order valence-electron chi connectivity index (χ2n) is 3.64. The summed E-state index contributed by atoms with van der Waals surface area (Å²) in [6.07, 6.45) is -2.61. The van der Waals surface area contributed by atoms with Crippen LogP contribution < -0.4 is 10.6 Å². The van der Waals surface area contributed by atoms with Crippen molar-refractivity contribution in [3.8, 4) is 0 Å². The quantitative estimate of drug-likeness (QED) is 0.665. The molecule has 0 fully saturated rings. The molecule has 0 saturated carbocycles. The monoisotopic (exact) mass is 260 g/mol. The first-order valence-electron chi connectivity index (χ1n) is 5.22. The van der Waals surface area contributed by atoms with Crippen LogP contribution in [0.1, 0.15) is 10.4 Å². The molecule has 0 unspecified atom stereocenters. The van der Waals surface area contributed by atoms with Crippen molar-refractivity contribution in [3.05, 3.63) is 23.8 Å². The molecule has 0 amide bonds. The Morgan fingerprint density at radius 3 is 2.61 bits per heavy atom. The molecule has 0 atom stereocenters. The Kier molecular flexibility index (Phi) is 4.85. The average Bonchev–Trinajstić information content (AvgIpc) is 2.28. The van der Waals surface area contributed by atoms with E-state index in [1.165, 1.54) is 18.2 Å². The van der Waals surface area contributed by atoms with Crippen molar-refractivity contribution in [3.63, 3.8) is 0 Å². The van der Waals surface area contributed by atoms with Gasteiger partial charge in [0.15, 0.2) is 0 Å². The fourth-order valence-electron chi connectivity index (χ4n) is 1.55. The van der Waals surface area contributed by atoms with Gasteiger partial charge in [-0.3, -0.25) is 0 Å². The standard InChI is InChI=1S/C11H14F2N2O3/c12-10(13)6-15(3-4-16)9-5-7(11(17)18)1-2-8(9)14/h1-2,5,10,16H,3-4,6,14H2,(H,17,18). The predicted molar refractivity (Wildman–Crippen MR) is 63.1 cm³/mol. The van der Waals surface area contributed by atoms with E-state index in [0.29, 0.717) is 0 Å². The third-order valence-corrected chi connectivity index (χ3v) is 2.35. The number of rotatable bonds is 6. The number of alkyl halides is 2. The third kappa shape index (κ3) is 3.56. The highest BCUT2D eigenvalue weighted by atomic mass is 19.3. The molecular formula is C11H14F2N2O3. The van der Waals surface area contributed by atoms with E-state index < -0.39 is 18.9 Å². The van der Waals surface area contributed by atoms with Crippen LogP contribution >= 0.6 is 0 Å². The first-order chi connectivity index (χ1) is 8.45. The Balaban J connectivity index is 3.09. The number of halogens is 2. The Labute approximate surface area is 102 Å². The minimum Gasteiger partial charge on any atom is -0.478 e. The Hall–Kier alpha value is -1.89. The third-order valence-electron chi connectivity index (χ3n) is 2.35. The molecule has 1 aromatic carbocycles. The van der Waals surface area contributed by atoms with Crippen LogP contribution in [0.4, 0.5) is 20.2 Å². The van der Waals surface area contributed by atoms with Crippen LogP contribution in [0.25, 0.3) is 0 Å². The van der Waals surface area contributed by atoms with Gasteiger partial charge < -0.3 is 20.8 Å². The second-order valence-corrected chi connectivity index (χ2v) is 3.64. The SMILES string of the molecule is Nc1ccc(C(=O)O)cc1N(CCO)CC(F)F. The van der Waals surface area contributed by atoms with Crippen molar-refractivity contribution in [1.29, 1.82) is 0 Å². The summed E-state index contributed by atoms with van der Waals surface area (Å²) in [5, 5.41) is 17.7. The molecular weight excluding hydrogens is 246 g/mol. The van der Waals surface area contributed by atoms with Gasteiger partial charge in [0.1, 0.15) is 0 Å². The smallest absolute Gasteiger partial charge is 0.335 e. The van der Waals surface area contributed by atoms with E-state index >= 15 is 0 Å². The lowest BCUT2D eigenvalue weighted by molar-refractivity contribution is 0.0697. The first kappa shape index (κ1) is 14.2. The van der Waals surface area contributed by atoms with Crippen molar-refractivity contribution < 1.29 is 23.8 Å². The van der Waals surface area contributed by atoms with Crippen LogP contribution in [0.2, 0.25) is 0 Å². The van der Waals surface area contributed by atoms with E-state index in [1.807, 2.05) is 0 Å². The normalized spacial score (nSPS) is 10.7. The molecule has 100 valence electrons. The van der Waals surface area contributed by atoms with Crippen LogP contribution in [0.3, 0.4) is 0 Å². The number of aliphatic hydroxyl groups is 1. The minimum absolute atomic E-state index is 0.0440. The van der Waals surface area contributed by atoms with E-state index in [2.05, 4.69) is 0 Å². The van der Waals surface area contributed by atoms with Crippen LogP contribution in [0.5, 0.6) is 0 Å². The summed E-state index contributed by atoms with van der Waals surface area (Å²) in [5.74, 6) is -1.17. The number of aliphatic hydroxyl groups excluding tert-OH is 1. The summed E-state index contributed by atoms with van der Waals surface area (Å²) in [6.45, 7) is -0.991. The van der Waals surface area contributed by atoms with E-state index in [4.69, 9.17) is 15.9 Å². The summed E-state index contributed by atoms with van der Waals surface area (Å²) >= 11 is 0. The number of hydrogen-bond donors (Lipinski definition) is 3. The number of aromatic carboxylic acids is 1. The van der Waals surface area contributed by atoms with Gasteiger partial charge in [-0.05, 0) is 18.2 Å². The molecule has 0 spiro atoms. The largest absolute Gasteiger partial charge is 0.478 e. The number of carboxylic acid groups (broad SMARTS) is 1. The number of nitrogens with zero attached hydrogens (tertiary/aromatic N) is 1. The zero-order valence-corrected chi connectivity index (χ0v) is 9.51. The van der Waals surface area contributed by atoms with Crippen molar-refractivity contribution in [2.45, 2.75) is 6.43 Å². The molecule has 18 heavy (non-hydrogen) atoms. The molecule has 0 heterocycles. The number of carbonyl (C=O) groups is 1. The number of hydrogen-bond acceptors (Lipinski definition) is 4. The molecule has 0 aliphatic carbocycles. The average molecular weight is 260 g/mol. The van der Waals surface area contributed by atoms with E-state index in [9.17, 15) is 13.6 Å². The molecule has 1 rings (SSSR count). The second kappa shape index (κ2) is 6.15. The topological polar surface area (TPSA) is 86.8 Å². The number of nitrogen functional groups attached to an aromatic ring is 1. The summed E-state index contributed by atoms with van der Waals surface area (Å²) in [4.78, 5) is 12.0. The molecule has 5 nitrogen and oxygen atoms in total. The van der Waals surface area contributed by atoms with Gasteiger partial charge in [0, 0.05) is 6.54 Å². The highest BCUT2D eigenvalue weighted by Crippen LogP contribution is 2.25. The van der Waals surface area contributed by atoms with Crippen LogP contribution in [-0.4, -0.2) is 42.3 Å². The zero-order chi connectivity index (χ0) is 13.7. The van der Waals surface area contributed by atoms with Crippen LogP contribution in [-0.2, 0) is 0 Å². The lowest BCUT2D eigenvalue weighted by atomic mass is 10.1. The number of anilines is 2. The molecule has 0 aliphatic rings. The van der Waals surface area contributed by atoms with Crippen molar-refractivity contribution in [2.75, 3.05) is 30.3 Å². The summed E-state index contributed by atoms with van der Waals surface area (Å²) in [6, 6.07) is 3.85. The maximum absolute atomic E-state index is 12.4.